The predicted octanol–water partition coefficient (Wildman–Crippen LogP) is 4.22. The maximum atomic E-state index is 15.4. The van der Waals surface area contributed by atoms with Crippen molar-refractivity contribution in [2.45, 2.75) is 37.7 Å². The Morgan fingerprint density at radius 2 is 2.00 bits per heavy atom. The number of carbonyl (C=O) groups excluding carboxylic acids is 1. The molecule has 2 aliphatic heterocycles. The van der Waals surface area contributed by atoms with Gasteiger partial charge in [0, 0.05) is 56.0 Å². The van der Waals surface area contributed by atoms with Crippen LogP contribution in [0.25, 0.3) is 11.3 Å². The first-order valence-electron chi connectivity index (χ1n) is 10.4. The Morgan fingerprint density at radius 1 is 1.28 bits per heavy atom. The van der Waals surface area contributed by atoms with Crippen LogP contribution in [0.2, 0.25) is 0 Å². The van der Waals surface area contributed by atoms with Crippen LogP contribution in [0.4, 0.5) is 29.6 Å². The molecule has 172 valence electrons. The lowest BCUT2D eigenvalue weighted by Crippen LogP contribution is -2.44. The number of nitrogens with one attached hydrogen (secondary N) is 2. The molecule has 0 saturated carbocycles. The van der Waals surface area contributed by atoms with Gasteiger partial charge >= 0.3 is 6.09 Å². The molecule has 2 N–H and O–H groups in total. The number of hydrogen-bond acceptors (Lipinski definition) is 6. The van der Waals surface area contributed by atoms with Crippen molar-refractivity contribution in [1.82, 2.24) is 15.3 Å². The molecule has 11 heteroatoms. The molecule has 4 heterocycles. The van der Waals surface area contributed by atoms with Crippen molar-refractivity contribution in [3.8, 4) is 11.3 Å². The number of fused-ring (bicyclic) bond motifs is 1. The number of halogens is 3. The van der Waals surface area contributed by atoms with Gasteiger partial charge in [-0.2, -0.15) is 0 Å². The molecule has 3 atom stereocenters. The number of aromatic nitrogens is 2. The number of nitrogens with zero attached hydrogens (tertiary/aromatic N) is 3. The van der Waals surface area contributed by atoms with Crippen molar-refractivity contribution < 1.29 is 22.7 Å². The van der Waals surface area contributed by atoms with Crippen LogP contribution >= 0.6 is 9.24 Å². The lowest BCUT2D eigenvalue weighted by atomic mass is 9.94. The van der Waals surface area contributed by atoms with Gasteiger partial charge in [0.25, 0.3) is 5.92 Å². The topological polar surface area (TPSA) is 79.4 Å². The molecule has 2 aromatic rings. The third-order valence-electron chi connectivity index (χ3n) is 5.71. The zero-order chi connectivity index (χ0) is 23.1. The summed E-state index contributed by atoms with van der Waals surface area (Å²) in [5.74, 6) is -2.57. The first kappa shape index (κ1) is 22.7. The molecule has 0 bridgehead atoms. The Bertz CT molecular complexity index is 1020. The fourth-order valence-corrected chi connectivity index (χ4v) is 4.08. The van der Waals surface area contributed by atoms with Gasteiger partial charge in [0.2, 0.25) is 0 Å². The Labute approximate surface area is 186 Å². The molecule has 2 aliphatic rings. The lowest BCUT2D eigenvalue weighted by Gasteiger charge is -2.34. The first-order chi connectivity index (χ1) is 15.1. The number of hydrogen-bond donors (Lipinski definition) is 2. The van der Waals surface area contributed by atoms with Crippen LogP contribution < -0.4 is 15.5 Å². The minimum absolute atomic E-state index is 0.0376. The largest absolute Gasteiger partial charge is 0.437 e. The average molecular weight is 467 g/mol. The van der Waals surface area contributed by atoms with E-state index in [1.54, 1.807) is 13.0 Å². The second-order valence-electron chi connectivity index (χ2n) is 8.04. The fourth-order valence-electron chi connectivity index (χ4n) is 3.84. The summed E-state index contributed by atoms with van der Waals surface area (Å²) in [5.41, 5.74) is 0.673. The van der Waals surface area contributed by atoms with E-state index >= 15 is 4.39 Å². The van der Waals surface area contributed by atoms with Crippen LogP contribution in [-0.2, 0) is 10.7 Å². The Hall–Kier alpha value is -2.45. The van der Waals surface area contributed by atoms with Gasteiger partial charge in [-0.1, -0.05) is 16.2 Å². The van der Waals surface area contributed by atoms with Gasteiger partial charge < -0.3 is 15.0 Å². The van der Waals surface area contributed by atoms with Gasteiger partial charge in [0.15, 0.2) is 11.5 Å². The van der Waals surface area contributed by atoms with E-state index in [2.05, 4.69) is 29.8 Å². The van der Waals surface area contributed by atoms with Crippen molar-refractivity contribution >= 4 is 27.0 Å². The van der Waals surface area contributed by atoms with Crippen molar-refractivity contribution in [2.75, 3.05) is 36.4 Å². The Balaban J connectivity index is 1.90. The monoisotopic (exact) mass is 467 g/mol. The summed E-state index contributed by atoms with van der Waals surface area (Å²) >= 11 is 0. The summed E-state index contributed by atoms with van der Waals surface area (Å²) in [6.45, 7) is 5.12. The number of piperazine rings is 1. The molecule has 2 unspecified atom stereocenters. The number of alkyl halides is 3. The van der Waals surface area contributed by atoms with E-state index in [9.17, 15) is 13.6 Å². The van der Waals surface area contributed by atoms with Gasteiger partial charge in [-0.15, -0.1) is 0 Å². The first-order valence-corrected chi connectivity index (χ1v) is 11.0. The molecule has 0 aromatic carbocycles. The molecule has 2 aromatic heterocycles. The highest BCUT2D eigenvalue weighted by molar-refractivity contribution is 7.18. The molecule has 1 amide bonds. The van der Waals surface area contributed by atoms with Crippen LogP contribution in [0, 0.1) is 0 Å². The minimum Gasteiger partial charge on any atom is -0.437 e. The number of carbonyl (C=O) groups is 1. The van der Waals surface area contributed by atoms with E-state index in [-0.39, 0.29) is 29.1 Å². The maximum absolute atomic E-state index is 15.4. The van der Waals surface area contributed by atoms with Crippen LogP contribution in [-0.4, -0.2) is 47.7 Å². The van der Waals surface area contributed by atoms with Gasteiger partial charge in [0.05, 0.1) is 5.69 Å². The second kappa shape index (κ2) is 8.48. The summed E-state index contributed by atoms with van der Waals surface area (Å²) in [6.07, 6.45) is -0.654. The molecule has 0 radical (unpaired) electrons. The molecule has 0 spiro atoms. The molecule has 7 nitrogen and oxygen atoms in total. The van der Waals surface area contributed by atoms with E-state index in [0.717, 1.165) is 6.92 Å². The smallest absolute Gasteiger partial charge is 0.413 e. The van der Waals surface area contributed by atoms with Crippen molar-refractivity contribution in [2.24, 2.45) is 0 Å². The third-order valence-corrected chi connectivity index (χ3v) is 6.42. The molecule has 1 saturated heterocycles. The van der Waals surface area contributed by atoms with Crippen LogP contribution in [0.3, 0.4) is 0 Å². The summed E-state index contributed by atoms with van der Waals surface area (Å²) in [4.78, 5) is 22.8. The van der Waals surface area contributed by atoms with E-state index in [0.29, 0.717) is 37.6 Å². The third kappa shape index (κ3) is 4.38. The van der Waals surface area contributed by atoms with Gasteiger partial charge in [-0.05, 0) is 24.6 Å². The highest BCUT2D eigenvalue weighted by Crippen LogP contribution is 2.48. The number of anilines is 2. The van der Waals surface area contributed by atoms with E-state index in [1.165, 1.54) is 18.3 Å². The fraction of sp³-hybridized carbons (Fsp3) is 0.476. The van der Waals surface area contributed by atoms with Crippen LogP contribution in [0.15, 0.2) is 24.4 Å². The van der Waals surface area contributed by atoms with Crippen molar-refractivity contribution in [3.05, 3.63) is 35.5 Å². The highest BCUT2D eigenvalue weighted by Gasteiger charge is 2.44. The zero-order valence-electron chi connectivity index (χ0n) is 17.8. The van der Waals surface area contributed by atoms with Gasteiger partial charge in [-0.3, -0.25) is 5.32 Å². The van der Waals surface area contributed by atoms with Gasteiger partial charge in [-0.25, -0.2) is 27.9 Å². The quantitative estimate of drug-likeness (QED) is 0.642. The average Bonchev–Trinajstić information content (AvgIpc) is 2.77. The number of amides is 1. The second-order valence-corrected chi connectivity index (χ2v) is 9.00. The van der Waals surface area contributed by atoms with Gasteiger partial charge in [0.1, 0.15) is 11.6 Å². The summed E-state index contributed by atoms with van der Waals surface area (Å²) < 4.78 is 49.4. The predicted molar refractivity (Wildman–Crippen MR) is 119 cm³/mol. The number of ether oxygens (including phenoxy) is 1. The molecular formula is C21H25F3N5O2P. The minimum atomic E-state index is -3.11. The molecule has 0 aliphatic carbocycles. The Kier molecular flexibility index (Phi) is 6.02. The zero-order valence-corrected chi connectivity index (χ0v) is 18.9. The lowest BCUT2D eigenvalue weighted by molar-refractivity contribution is 0.0174. The maximum Gasteiger partial charge on any atom is 0.413 e. The summed E-state index contributed by atoms with van der Waals surface area (Å²) in [5, 5.41) is 3.72. The molecular weight excluding hydrogens is 442 g/mol. The van der Waals surface area contributed by atoms with Crippen LogP contribution in [0.1, 0.15) is 37.5 Å². The van der Waals surface area contributed by atoms with E-state index < -0.39 is 23.5 Å². The number of cyclic esters (lactones) is 1. The van der Waals surface area contributed by atoms with E-state index in [1.807, 2.05) is 4.90 Å². The molecule has 32 heavy (non-hydrogen) atoms. The number of rotatable bonds is 5. The highest BCUT2D eigenvalue weighted by atomic mass is 31.0. The van der Waals surface area contributed by atoms with Crippen molar-refractivity contribution in [1.29, 1.82) is 0 Å². The SMILES string of the molecule is CCC(F)(P)[C@H]1OC(=O)Nc2nccc(-c3cc(C(C)(F)F)cc(N4CCNCC4)n3)c21. The standard InChI is InChI=1S/C21H25F3N5O2P/c1-3-21(24,32)17-16-13(4-5-26-18(16)28-19(30)31-17)14-10-12(20(2,22)23)11-15(27-14)29-8-6-25-7-9-29/h4-5,10-11,17,25H,3,6-9,32H2,1-2H3,(H,26,28,30)/t17-,21?/m0/s1. The van der Waals surface area contributed by atoms with E-state index in [4.69, 9.17) is 4.74 Å². The molecule has 1 fully saturated rings. The molecule has 4 rings (SSSR count). The number of pyridine rings is 2. The van der Waals surface area contributed by atoms with Crippen LogP contribution in [0.5, 0.6) is 0 Å². The summed E-state index contributed by atoms with van der Waals surface area (Å²) in [7, 11) is 2.08. The Morgan fingerprint density at radius 3 is 2.66 bits per heavy atom. The normalized spacial score (nSPS) is 20.8. The summed E-state index contributed by atoms with van der Waals surface area (Å²) in [6, 6.07) is 4.26. The van der Waals surface area contributed by atoms with Crippen molar-refractivity contribution in [3.63, 3.8) is 0 Å².